The monoisotopic (exact) mass is 108 g/mol. The topological polar surface area (TPSA) is 17.1 Å². The van der Waals surface area contributed by atoms with E-state index >= 15 is 0 Å². The standard InChI is InChI=1S/C7H8O/c1-4-5-2-3-6(4)7(5)8/h2-6H,1H3. The van der Waals surface area contributed by atoms with Crippen molar-refractivity contribution in [2.75, 3.05) is 0 Å². The molecule has 3 aliphatic rings. The molecule has 1 saturated carbocycles. The zero-order chi connectivity index (χ0) is 5.72. The molecule has 0 amide bonds. The van der Waals surface area contributed by atoms with Crippen molar-refractivity contribution in [2.45, 2.75) is 6.92 Å². The average molecular weight is 108 g/mol. The zero-order valence-corrected chi connectivity index (χ0v) is 4.79. The summed E-state index contributed by atoms with van der Waals surface area (Å²) in [6, 6.07) is 0. The molecule has 0 heterocycles. The van der Waals surface area contributed by atoms with Gasteiger partial charge in [0.25, 0.3) is 0 Å². The van der Waals surface area contributed by atoms with E-state index in [1.54, 1.807) is 0 Å². The first-order valence-corrected chi connectivity index (χ1v) is 3.03. The van der Waals surface area contributed by atoms with Gasteiger partial charge in [-0.15, -0.1) is 0 Å². The van der Waals surface area contributed by atoms with E-state index in [0.717, 1.165) is 0 Å². The number of Topliss-reactive ketones (excluding diaryl/α,β-unsaturated/α-hetero) is 1. The van der Waals surface area contributed by atoms with E-state index in [1.807, 2.05) is 12.2 Å². The Hall–Kier alpha value is -0.590. The van der Waals surface area contributed by atoms with Crippen LogP contribution in [0.15, 0.2) is 12.2 Å². The Morgan fingerprint density at radius 3 is 2.00 bits per heavy atom. The van der Waals surface area contributed by atoms with E-state index in [1.165, 1.54) is 0 Å². The van der Waals surface area contributed by atoms with Crippen LogP contribution in [0.3, 0.4) is 0 Å². The molecule has 2 unspecified atom stereocenters. The predicted molar refractivity (Wildman–Crippen MR) is 30.3 cm³/mol. The maximum absolute atomic E-state index is 10.8. The molecule has 0 aliphatic heterocycles. The molecular formula is C7H8O. The quantitative estimate of drug-likeness (QED) is 0.423. The van der Waals surface area contributed by atoms with E-state index in [4.69, 9.17) is 0 Å². The van der Waals surface area contributed by atoms with Crippen molar-refractivity contribution in [3.8, 4) is 0 Å². The molecule has 1 heteroatoms. The Bertz CT molecular complexity index is 153. The number of carbonyl (C=O) groups is 1. The number of ketones is 1. The van der Waals surface area contributed by atoms with E-state index in [-0.39, 0.29) is 0 Å². The molecule has 42 valence electrons. The van der Waals surface area contributed by atoms with Crippen LogP contribution in [0.5, 0.6) is 0 Å². The zero-order valence-electron chi connectivity index (χ0n) is 4.79. The molecular weight excluding hydrogens is 100 g/mol. The smallest absolute Gasteiger partial charge is 0.147 e. The molecule has 0 N–H and O–H groups in total. The summed E-state index contributed by atoms with van der Waals surface area (Å²) in [5.74, 6) is 1.68. The van der Waals surface area contributed by atoms with Gasteiger partial charge in [0, 0.05) is 11.8 Å². The van der Waals surface area contributed by atoms with Crippen molar-refractivity contribution >= 4 is 5.78 Å². The second-order valence-corrected chi connectivity index (χ2v) is 2.70. The largest absolute Gasteiger partial charge is 0.298 e. The summed E-state index contributed by atoms with van der Waals surface area (Å²) in [6.45, 7) is 2.14. The van der Waals surface area contributed by atoms with Gasteiger partial charge in [0.15, 0.2) is 0 Å². The van der Waals surface area contributed by atoms with Gasteiger partial charge in [-0.3, -0.25) is 4.79 Å². The summed E-state index contributed by atoms with van der Waals surface area (Å²) in [5.41, 5.74) is 0. The van der Waals surface area contributed by atoms with Crippen molar-refractivity contribution < 1.29 is 4.79 Å². The summed E-state index contributed by atoms with van der Waals surface area (Å²) < 4.78 is 0. The third kappa shape index (κ3) is 0.253. The molecule has 3 aliphatic carbocycles. The SMILES string of the molecule is CC1C2C=CC1C2=O. The third-order valence-electron chi connectivity index (χ3n) is 2.32. The normalized spacial score (nSPS) is 49.6. The highest BCUT2D eigenvalue weighted by molar-refractivity contribution is 5.95. The molecule has 0 spiro atoms. The highest BCUT2D eigenvalue weighted by Gasteiger charge is 2.47. The van der Waals surface area contributed by atoms with Crippen LogP contribution in [0.4, 0.5) is 0 Å². The first-order valence-electron chi connectivity index (χ1n) is 3.03. The Balaban J connectivity index is 2.34. The van der Waals surface area contributed by atoms with E-state index in [9.17, 15) is 4.79 Å². The summed E-state index contributed by atoms with van der Waals surface area (Å²) in [5, 5.41) is 0. The lowest BCUT2D eigenvalue weighted by Crippen LogP contribution is -2.38. The van der Waals surface area contributed by atoms with Crippen molar-refractivity contribution in [1.29, 1.82) is 0 Å². The van der Waals surface area contributed by atoms with Crippen LogP contribution >= 0.6 is 0 Å². The minimum atomic E-state index is 0.306. The Labute approximate surface area is 48.4 Å². The van der Waals surface area contributed by atoms with Gasteiger partial charge in [-0.25, -0.2) is 0 Å². The van der Waals surface area contributed by atoms with Crippen LogP contribution in [0.2, 0.25) is 0 Å². The molecule has 1 fully saturated rings. The minimum absolute atomic E-state index is 0.306. The van der Waals surface area contributed by atoms with Crippen LogP contribution in [-0.2, 0) is 4.79 Å². The van der Waals surface area contributed by atoms with Crippen LogP contribution in [0, 0.1) is 17.8 Å². The fourth-order valence-electron chi connectivity index (χ4n) is 1.62. The first kappa shape index (κ1) is 4.30. The summed E-state index contributed by atoms with van der Waals surface area (Å²) in [6.07, 6.45) is 4.08. The number of allylic oxidation sites excluding steroid dienone is 2. The van der Waals surface area contributed by atoms with Gasteiger partial charge in [-0.05, 0) is 5.92 Å². The van der Waals surface area contributed by atoms with Crippen LogP contribution in [0.25, 0.3) is 0 Å². The van der Waals surface area contributed by atoms with E-state index in [2.05, 4.69) is 6.92 Å². The fourth-order valence-corrected chi connectivity index (χ4v) is 1.62. The Morgan fingerprint density at radius 1 is 1.38 bits per heavy atom. The fraction of sp³-hybridized carbons (Fsp3) is 0.571. The molecule has 8 heavy (non-hydrogen) atoms. The molecule has 3 rings (SSSR count). The Kier molecular flexibility index (Phi) is 0.561. The van der Waals surface area contributed by atoms with Gasteiger partial charge in [-0.1, -0.05) is 19.1 Å². The van der Waals surface area contributed by atoms with Crippen LogP contribution in [-0.4, -0.2) is 5.78 Å². The van der Waals surface area contributed by atoms with Crippen LogP contribution in [0.1, 0.15) is 6.92 Å². The maximum Gasteiger partial charge on any atom is 0.147 e. The summed E-state index contributed by atoms with van der Waals surface area (Å²) in [7, 11) is 0. The van der Waals surface area contributed by atoms with Gasteiger partial charge >= 0.3 is 0 Å². The number of rotatable bonds is 0. The molecule has 1 nitrogen and oxygen atoms in total. The molecule has 2 bridgehead atoms. The Morgan fingerprint density at radius 2 is 1.88 bits per heavy atom. The number of hydrogen-bond donors (Lipinski definition) is 0. The van der Waals surface area contributed by atoms with E-state index < -0.39 is 0 Å². The number of carbonyl (C=O) groups excluding carboxylic acids is 1. The van der Waals surface area contributed by atoms with Gasteiger partial charge in [0.2, 0.25) is 0 Å². The molecule has 0 radical (unpaired) electrons. The third-order valence-corrected chi connectivity index (χ3v) is 2.32. The lowest BCUT2D eigenvalue weighted by atomic mass is 9.71. The average Bonchev–Trinajstić information content (AvgIpc) is 2.26. The second-order valence-electron chi connectivity index (χ2n) is 2.70. The number of hydrogen-bond acceptors (Lipinski definition) is 1. The molecule has 0 aromatic rings. The van der Waals surface area contributed by atoms with Gasteiger partial charge in [-0.2, -0.15) is 0 Å². The second kappa shape index (κ2) is 1.04. The highest BCUT2D eigenvalue weighted by Crippen LogP contribution is 2.44. The molecule has 0 aromatic heterocycles. The minimum Gasteiger partial charge on any atom is -0.298 e. The van der Waals surface area contributed by atoms with Crippen LogP contribution < -0.4 is 0 Å². The summed E-state index contributed by atoms with van der Waals surface area (Å²) in [4.78, 5) is 10.8. The van der Waals surface area contributed by atoms with Gasteiger partial charge in [0.05, 0.1) is 0 Å². The molecule has 0 aromatic carbocycles. The van der Waals surface area contributed by atoms with E-state index in [0.29, 0.717) is 23.5 Å². The predicted octanol–water partition coefficient (Wildman–Crippen LogP) is 1.01. The maximum atomic E-state index is 10.8. The van der Waals surface area contributed by atoms with Crippen molar-refractivity contribution in [3.05, 3.63) is 12.2 Å². The molecule has 0 saturated heterocycles. The summed E-state index contributed by atoms with van der Waals surface area (Å²) >= 11 is 0. The lowest BCUT2D eigenvalue weighted by Gasteiger charge is -2.30. The van der Waals surface area contributed by atoms with Crippen molar-refractivity contribution in [3.63, 3.8) is 0 Å². The highest BCUT2D eigenvalue weighted by atomic mass is 16.1. The van der Waals surface area contributed by atoms with Crippen molar-refractivity contribution in [1.82, 2.24) is 0 Å². The lowest BCUT2D eigenvalue weighted by molar-refractivity contribution is -0.134. The van der Waals surface area contributed by atoms with Gasteiger partial charge < -0.3 is 0 Å². The van der Waals surface area contributed by atoms with Gasteiger partial charge in [0.1, 0.15) is 5.78 Å². The first-order chi connectivity index (χ1) is 3.80. The van der Waals surface area contributed by atoms with Crippen molar-refractivity contribution in [2.24, 2.45) is 17.8 Å². The molecule has 2 atom stereocenters.